The molecule has 3 aromatic carbocycles. The Morgan fingerprint density at radius 1 is 0.943 bits per heavy atom. The number of rotatable bonds is 6. The SMILES string of the molecule is COc1cccc(OC)c1-n1c(-c2ccc(F)cc2)nc(O)c(S(=O)(=O)c2ccc(Br)cc2)c1=O. The number of aromatic nitrogens is 2. The van der Waals surface area contributed by atoms with Crippen molar-refractivity contribution in [3.05, 3.63) is 87.4 Å². The summed E-state index contributed by atoms with van der Waals surface area (Å²) >= 11 is 3.23. The fourth-order valence-corrected chi connectivity index (χ4v) is 5.11. The Morgan fingerprint density at radius 3 is 2.06 bits per heavy atom. The lowest BCUT2D eigenvalue weighted by molar-refractivity contribution is 0.388. The van der Waals surface area contributed by atoms with Gasteiger partial charge >= 0.3 is 0 Å². The number of sulfone groups is 1. The van der Waals surface area contributed by atoms with E-state index < -0.39 is 32.0 Å². The minimum atomic E-state index is -4.50. The summed E-state index contributed by atoms with van der Waals surface area (Å²) < 4.78 is 52.9. The average Bonchev–Trinajstić information content (AvgIpc) is 2.84. The van der Waals surface area contributed by atoms with Crippen molar-refractivity contribution in [1.82, 2.24) is 9.55 Å². The van der Waals surface area contributed by atoms with Gasteiger partial charge in [0.1, 0.15) is 23.0 Å². The zero-order chi connectivity index (χ0) is 25.3. The third-order valence-electron chi connectivity index (χ3n) is 5.14. The molecular formula is C24H18BrFN2O6S. The number of hydrogen-bond donors (Lipinski definition) is 1. The molecular weight excluding hydrogens is 543 g/mol. The van der Waals surface area contributed by atoms with E-state index in [-0.39, 0.29) is 33.5 Å². The monoisotopic (exact) mass is 560 g/mol. The second kappa shape index (κ2) is 9.51. The van der Waals surface area contributed by atoms with E-state index in [1.54, 1.807) is 18.2 Å². The number of methoxy groups -OCH3 is 2. The predicted octanol–water partition coefficient (Wildman–Crippen LogP) is 4.36. The summed E-state index contributed by atoms with van der Waals surface area (Å²) in [5, 5.41) is 10.7. The van der Waals surface area contributed by atoms with Crippen LogP contribution in [0, 0.1) is 5.82 Å². The molecule has 11 heteroatoms. The lowest BCUT2D eigenvalue weighted by Gasteiger charge is -2.19. The molecule has 1 N–H and O–H groups in total. The number of aromatic hydroxyl groups is 1. The van der Waals surface area contributed by atoms with Gasteiger partial charge in [-0.2, -0.15) is 4.98 Å². The first-order valence-corrected chi connectivity index (χ1v) is 12.3. The van der Waals surface area contributed by atoms with Crippen LogP contribution >= 0.6 is 15.9 Å². The summed E-state index contributed by atoms with van der Waals surface area (Å²) in [6, 6.07) is 15.3. The summed E-state index contributed by atoms with van der Waals surface area (Å²) in [7, 11) is -1.76. The van der Waals surface area contributed by atoms with E-state index in [4.69, 9.17) is 9.47 Å². The van der Waals surface area contributed by atoms with Crippen LogP contribution in [0.25, 0.3) is 17.1 Å². The number of benzene rings is 3. The number of halogens is 2. The van der Waals surface area contributed by atoms with Gasteiger partial charge in [0.25, 0.3) is 5.56 Å². The number of hydrogen-bond acceptors (Lipinski definition) is 7. The molecule has 4 aromatic rings. The van der Waals surface area contributed by atoms with Gasteiger partial charge in [-0.3, -0.25) is 9.36 Å². The maximum atomic E-state index is 13.9. The Balaban J connectivity index is 2.14. The third kappa shape index (κ3) is 4.40. The van der Waals surface area contributed by atoms with E-state index in [1.807, 2.05) is 0 Å². The molecule has 0 fully saturated rings. The molecule has 0 aliphatic rings. The van der Waals surface area contributed by atoms with Crippen LogP contribution in [-0.4, -0.2) is 37.3 Å². The maximum Gasteiger partial charge on any atom is 0.281 e. The first-order chi connectivity index (χ1) is 16.7. The van der Waals surface area contributed by atoms with Crippen LogP contribution in [0.1, 0.15) is 0 Å². The van der Waals surface area contributed by atoms with E-state index in [2.05, 4.69) is 20.9 Å². The topological polar surface area (TPSA) is 108 Å². The van der Waals surface area contributed by atoms with Crippen molar-refractivity contribution in [1.29, 1.82) is 0 Å². The molecule has 180 valence electrons. The molecule has 1 heterocycles. The van der Waals surface area contributed by atoms with Crippen LogP contribution in [0.15, 0.2) is 85.8 Å². The van der Waals surface area contributed by atoms with Crippen LogP contribution in [0.3, 0.4) is 0 Å². The molecule has 35 heavy (non-hydrogen) atoms. The summed E-state index contributed by atoms with van der Waals surface area (Å²) in [4.78, 5) is 16.8. The lowest BCUT2D eigenvalue weighted by Crippen LogP contribution is -2.28. The summed E-state index contributed by atoms with van der Waals surface area (Å²) in [5.74, 6) is -1.33. The van der Waals surface area contributed by atoms with Crippen LogP contribution in [0.5, 0.6) is 17.4 Å². The first-order valence-electron chi connectivity index (χ1n) is 10.0. The first kappa shape index (κ1) is 24.4. The van der Waals surface area contributed by atoms with Crippen LogP contribution < -0.4 is 15.0 Å². The van der Waals surface area contributed by atoms with Crippen molar-refractivity contribution in [2.45, 2.75) is 9.79 Å². The van der Waals surface area contributed by atoms with Crippen molar-refractivity contribution in [2.24, 2.45) is 0 Å². The maximum absolute atomic E-state index is 13.9. The van der Waals surface area contributed by atoms with E-state index >= 15 is 0 Å². The Bertz CT molecular complexity index is 1550. The zero-order valence-electron chi connectivity index (χ0n) is 18.4. The van der Waals surface area contributed by atoms with Gasteiger partial charge in [-0.1, -0.05) is 22.0 Å². The molecule has 0 saturated heterocycles. The van der Waals surface area contributed by atoms with Crippen molar-refractivity contribution >= 4 is 25.8 Å². The zero-order valence-corrected chi connectivity index (χ0v) is 20.8. The molecule has 0 amide bonds. The van der Waals surface area contributed by atoms with Crippen LogP contribution in [0.4, 0.5) is 4.39 Å². The van der Waals surface area contributed by atoms with E-state index in [0.717, 1.165) is 16.7 Å². The highest BCUT2D eigenvalue weighted by molar-refractivity contribution is 9.10. The second-order valence-electron chi connectivity index (χ2n) is 7.20. The molecule has 0 spiro atoms. The molecule has 1 aromatic heterocycles. The van der Waals surface area contributed by atoms with Crippen molar-refractivity contribution in [3.8, 4) is 34.5 Å². The minimum Gasteiger partial charge on any atom is -0.494 e. The van der Waals surface area contributed by atoms with Gasteiger partial charge in [0.2, 0.25) is 15.7 Å². The molecule has 0 unspecified atom stereocenters. The van der Waals surface area contributed by atoms with E-state index in [0.29, 0.717) is 4.47 Å². The fraction of sp³-hybridized carbons (Fsp3) is 0.0833. The summed E-state index contributed by atoms with van der Waals surface area (Å²) in [6.07, 6.45) is 0. The highest BCUT2D eigenvalue weighted by Crippen LogP contribution is 2.36. The van der Waals surface area contributed by atoms with Gasteiger partial charge in [0.15, 0.2) is 10.7 Å². The number of ether oxygens (including phenoxy) is 2. The van der Waals surface area contributed by atoms with E-state index in [9.17, 15) is 22.7 Å². The van der Waals surface area contributed by atoms with Crippen molar-refractivity contribution < 1.29 is 27.4 Å². The fourth-order valence-electron chi connectivity index (χ4n) is 3.51. The highest BCUT2D eigenvalue weighted by atomic mass is 79.9. The van der Waals surface area contributed by atoms with Gasteiger partial charge in [-0.05, 0) is 60.7 Å². The molecule has 0 saturated carbocycles. The quantitative estimate of drug-likeness (QED) is 0.373. The standard InChI is InChI=1S/C24H18BrFN2O6S/c1-33-18-4-3-5-19(34-2)20(18)28-22(14-6-10-16(26)11-7-14)27-23(29)21(24(28)30)35(31,32)17-12-8-15(25)9-13-17/h3-13,29H,1-2H3. The predicted molar refractivity (Wildman–Crippen MR) is 130 cm³/mol. The Morgan fingerprint density at radius 2 is 1.51 bits per heavy atom. The normalized spacial score (nSPS) is 11.3. The van der Waals surface area contributed by atoms with Gasteiger partial charge in [-0.15, -0.1) is 0 Å². The molecule has 0 bridgehead atoms. The van der Waals surface area contributed by atoms with Crippen molar-refractivity contribution in [3.63, 3.8) is 0 Å². The van der Waals surface area contributed by atoms with Gasteiger partial charge in [-0.25, -0.2) is 12.8 Å². The van der Waals surface area contributed by atoms with Crippen LogP contribution in [-0.2, 0) is 9.84 Å². The summed E-state index contributed by atoms with van der Waals surface area (Å²) in [6.45, 7) is 0. The average molecular weight is 561 g/mol. The molecule has 8 nitrogen and oxygen atoms in total. The third-order valence-corrected chi connectivity index (χ3v) is 7.46. The Hall–Kier alpha value is -3.70. The molecule has 0 aliphatic heterocycles. The van der Waals surface area contributed by atoms with E-state index in [1.165, 1.54) is 50.6 Å². The minimum absolute atomic E-state index is 0.0570. The molecule has 4 rings (SSSR count). The molecule has 0 radical (unpaired) electrons. The Kier molecular flexibility index (Phi) is 6.64. The largest absolute Gasteiger partial charge is 0.494 e. The number of para-hydroxylation sites is 1. The van der Waals surface area contributed by atoms with Gasteiger partial charge in [0, 0.05) is 10.0 Å². The molecule has 0 aliphatic carbocycles. The van der Waals surface area contributed by atoms with Gasteiger partial charge < -0.3 is 14.6 Å². The Labute approximate surface area is 208 Å². The van der Waals surface area contributed by atoms with Crippen molar-refractivity contribution in [2.75, 3.05) is 14.2 Å². The van der Waals surface area contributed by atoms with Gasteiger partial charge in [0.05, 0.1) is 19.1 Å². The molecule has 0 atom stereocenters. The lowest BCUT2D eigenvalue weighted by atomic mass is 10.2. The smallest absolute Gasteiger partial charge is 0.281 e. The highest BCUT2D eigenvalue weighted by Gasteiger charge is 2.32. The second-order valence-corrected chi connectivity index (χ2v) is 10.0. The van der Waals surface area contributed by atoms with Crippen LogP contribution in [0.2, 0.25) is 0 Å². The summed E-state index contributed by atoms with van der Waals surface area (Å²) in [5.41, 5.74) is -0.802. The number of nitrogens with zero attached hydrogens (tertiary/aromatic N) is 2.